The third-order valence-electron chi connectivity index (χ3n) is 8.21. The quantitative estimate of drug-likeness (QED) is 0.191. The fourth-order valence-electron chi connectivity index (χ4n) is 5.67. The van der Waals surface area contributed by atoms with Crippen molar-refractivity contribution in [1.82, 2.24) is 10.2 Å². The number of rotatable bonds is 15. The minimum Gasteiger partial charge on any atom is -0.497 e. The molecule has 1 aliphatic carbocycles. The van der Waals surface area contributed by atoms with Crippen LogP contribution in [0.3, 0.4) is 0 Å². The van der Waals surface area contributed by atoms with Crippen molar-refractivity contribution in [3.8, 4) is 11.5 Å². The Morgan fingerprint density at radius 1 is 0.913 bits per heavy atom. The first-order valence-corrected chi connectivity index (χ1v) is 18.5. The zero-order valence-electron chi connectivity index (χ0n) is 27.1. The van der Waals surface area contributed by atoms with Gasteiger partial charge in [0.05, 0.1) is 24.3 Å². The number of anilines is 1. The number of amides is 2. The normalized spacial score (nSPS) is 14.3. The maximum Gasteiger partial charge on any atom is 0.264 e. The molecule has 0 saturated heterocycles. The summed E-state index contributed by atoms with van der Waals surface area (Å²) in [6, 6.07) is 19.8. The summed E-state index contributed by atoms with van der Waals surface area (Å²) in [5, 5.41) is 3.18. The highest BCUT2D eigenvalue weighted by Crippen LogP contribution is 2.28. The predicted molar refractivity (Wildman–Crippen MR) is 183 cm³/mol. The van der Waals surface area contributed by atoms with Gasteiger partial charge in [0.2, 0.25) is 11.8 Å². The van der Waals surface area contributed by atoms with Gasteiger partial charge in [-0.3, -0.25) is 13.9 Å². The van der Waals surface area contributed by atoms with Gasteiger partial charge in [-0.2, -0.15) is 0 Å². The van der Waals surface area contributed by atoms with Crippen LogP contribution in [0.2, 0.25) is 0 Å². The molecular weight excluding hydrogens is 623 g/mol. The molecule has 1 N–H and O–H groups in total. The second-order valence-electron chi connectivity index (χ2n) is 11.3. The van der Waals surface area contributed by atoms with Gasteiger partial charge in [-0.1, -0.05) is 38.3 Å². The first-order valence-electron chi connectivity index (χ1n) is 15.8. The van der Waals surface area contributed by atoms with E-state index < -0.39 is 28.5 Å². The summed E-state index contributed by atoms with van der Waals surface area (Å²) < 4.78 is 40.4. The van der Waals surface area contributed by atoms with E-state index in [1.807, 2.05) is 32.2 Å². The summed E-state index contributed by atoms with van der Waals surface area (Å²) in [7, 11) is -2.59. The summed E-state index contributed by atoms with van der Waals surface area (Å²) in [6.45, 7) is 3.83. The number of benzene rings is 3. The lowest BCUT2D eigenvalue weighted by Gasteiger charge is -2.34. The van der Waals surface area contributed by atoms with E-state index in [9.17, 15) is 18.0 Å². The van der Waals surface area contributed by atoms with Gasteiger partial charge in [-0.05, 0) is 98.7 Å². The van der Waals surface area contributed by atoms with E-state index in [4.69, 9.17) is 9.47 Å². The zero-order chi connectivity index (χ0) is 33.1. The molecule has 1 atom stereocenters. The van der Waals surface area contributed by atoms with Gasteiger partial charge < -0.3 is 19.7 Å². The summed E-state index contributed by atoms with van der Waals surface area (Å²) in [5.74, 6) is 0.550. The molecule has 4 rings (SSSR count). The van der Waals surface area contributed by atoms with Crippen molar-refractivity contribution in [3.63, 3.8) is 0 Å². The highest BCUT2D eigenvalue weighted by atomic mass is 32.2. The Morgan fingerprint density at radius 3 is 2.11 bits per heavy atom. The standard InChI is InChI=1S/C35H45N3O6S2/c1-5-33(35(40)36-27-10-8-7-9-11-27)37(24-26-12-16-29(43-3)17-13-26)34(39)25-38(28-14-18-30(19-15-28)44-6-2)46(41,42)32-22-20-31(45-4)21-23-32/h12-23,27,33H,5-11,24-25H2,1-4H3,(H,36,40)/t33-/m0/s1. The molecule has 0 heterocycles. The maximum atomic E-state index is 14.4. The van der Waals surface area contributed by atoms with Crippen LogP contribution in [0.25, 0.3) is 0 Å². The molecule has 1 fully saturated rings. The number of nitrogens with zero attached hydrogens (tertiary/aromatic N) is 2. The summed E-state index contributed by atoms with van der Waals surface area (Å²) >= 11 is 1.51. The third kappa shape index (κ3) is 8.97. The van der Waals surface area contributed by atoms with Crippen molar-refractivity contribution in [2.24, 2.45) is 0 Å². The molecular formula is C35H45N3O6S2. The number of methoxy groups -OCH3 is 1. The molecule has 0 bridgehead atoms. The second kappa shape index (κ2) is 16.7. The van der Waals surface area contributed by atoms with Crippen molar-refractivity contribution in [2.45, 2.75) is 80.8 Å². The highest BCUT2D eigenvalue weighted by Gasteiger charge is 2.34. The molecule has 0 aliphatic heterocycles. The van der Waals surface area contributed by atoms with Crippen molar-refractivity contribution in [1.29, 1.82) is 0 Å². The maximum absolute atomic E-state index is 14.4. The van der Waals surface area contributed by atoms with Crippen molar-refractivity contribution in [3.05, 3.63) is 78.4 Å². The Bertz CT molecular complexity index is 1520. The molecule has 46 heavy (non-hydrogen) atoms. The molecule has 9 nitrogen and oxygen atoms in total. The molecule has 0 aromatic heterocycles. The van der Waals surface area contributed by atoms with Crippen molar-refractivity contribution < 1.29 is 27.5 Å². The van der Waals surface area contributed by atoms with Gasteiger partial charge in [-0.15, -0.1) is 11.8 Å². The Morgan fingerprint density at radius 2 is 1.54 bits per heavy atom. The number of thioether (sulfide) groups is 1. The van der Waals surface area contributed by atoms with Crippen LogP contribution < -0.4 is 19.1 Å². The molecule has 1 saturated carbocycles. The first kappa shape index (κ1) is 35.2. The molecule has 2 amide bonds. The molecule has 3 aromatic rings. The van der Waals surface area contributed by atoms with E-state index in [2.05, 4.69) is 5.32 Å². The Labute approximate surface area is 277 Å². The SMILES string of the molecule is CCOc1ccc(N(CC(=O)N(Cc2ccc(OC)cc2)[C@@H](CC)C(=O)NC2CCCCC2)S(=O)(=O)c2ccc(SC)cc2)cc1. The van der Waals surface area contributed by atoms with Gasteiger partial charge in [0.25, 0.3) is 10.0 Å². The minimum absolute atomic E-state index is 0.0655. The van der Waals surface area contributed by atoms with Crippen molar-refractivity contribution >= 4 is 39.3 Å². The second-order valence-corrected chi connectivity index (χ2v) is 14.0. The van der Waals surface area contributed by atoms with E-state index in [0.29, 0.717) is 30.2 Å². The van der Waals surface area contributed by atoms with Crippen LogP contribution in [-0.4, -0.2) is 63.7 Å². The Balaban J connectivity index is 1.71. The van der Waals surface area contributed by atoms with E-state index in [0.717, 1.165) is 46.9 Å². The van der Waals surface area contributed by atoms with Crippen LogP contribution in [0.1, 0.15) is 57.9 Å². The van der Waals surface area contributed by atoms with Crippen LogP contribution in [-0.2, 0) is 26.2 Å². The van der Waals surface area contributed by atoms with Crippen LogP contribution >= 0.6 is 11.8 Å². The van der Waals surface area contributed by atoms with Crippen LogP contribution in [0.4, 0.5) is 5.69 Å². The van der Waals surface area contributed by atoms with E-state index >= 15 is 0 Å². The van der Waals surface area contributed by atoms with Gasteiger partial charge in [-0.25, -0.2) is 8.42 Å². The zero-order valence-corrected chi connectivity index (χ0v) is 28.7. The average Bonchev–Trinajstić information content (AvgIpc) is 3.08. The summed E-state index contributed by atoms with van der Waals surface area (Å²) in [5.41, 5.74) is 1.11. The average molecular weight is 668 g/mol. The van der Waals surface area contributed by atoms with Gasteiger partial charge in [0.15, 0.2) is 0 Å². The monoisotopic (exact) mass is 667 g/mol. The lowest BCUT2D eigenvalue weighted by molar-refractivity contribution is -0.140. The fourth-order valence-corrected chi connectivity index (χ4v) is 7.49. The predicted octanol–water partition coefficient (Wildman–Crippen LogP) is 6.27. The number of hydrogen-bond acceptors (Lipinski definition) is 7. The number of hydrogen-bond donors (Lipinski definition) is 1. The molecule has 0 unspecified atom stereocenters. The van der Waals surface area contributed by atoms with Crippen LogP contribution in [0, 0.1) is 0 Å². The molecule has 0 radical (unpaired) electrons. The van der Waals surface area contributed by atoms with Gasteiger partial charge >= 0.3 is 0 Å². The van der Waals surface area contributed by atoms with E-state index in [1.165, 1.54) is 16.7 Å². The Kier molecular flexibility index (Phi) is 12.8. The lowest BCUT2D eigenvalue weighted by Crippen LogP contribution is -2.54. The lowest BCUT2D eigenvalue weighted by atomic mass is 9.95. The first-order chi connectivity index (χ1) is 22.2. The third-order valence-corrected chi connectivity index (χ3v) is 10.7. The number of sulfonamides is 1. The summed E-state index contributed by atoms with van der Waals surface area (Å²) in [6.07, 6.45) is 7.38. The fraction of sp³-hybridized carbons (Fsp3) is 0.429. The smallest absolute Gasteiger partial charge is 0.264 e. The Hall–Kier alpha value is -3.70. The molecule has 248 valence electrons. The van der Waals surface area contributed by atoms with Crippen molar-refractivity contribution in [2.75, 3.05) is 30.8 Å². The van der Waals surface area contributed by atoms with Crippen LogP contribution in [0.15, 0.2) is 82.6 Å². The molecule has 1 aliphatic rings. The highest BCUT2D eigenvalue weighted by molar-refractivity contribution is 7.98. The number of ether oxygens (including phenoxy) is 2. The molecule has 0 spiro atoms. The number of carbonyl (C=O) groups is 2. The van der Waals surface area contributed by atoms with Crippen LogP contribution in [0.5, 0.6) is 11.5 Å². The van der Waals surface area contributed by atoms with E-state index in [1.54, 1.807) is 67.8 Å². The van der Waals surface area contributed by atoms with Gasteiger partial charge in [0.1, 0.15) is 24.1 Å². The van der Waals surface area contributed by atoms with Gasteiger partial charge in [0, 0.05) is 17.5 Å². The molecule has 11 heteroatoms. The van der Waals surface area contributed by atoms with E-state index in [-0.39, 0.29) is 23.4 Å². The largest absolute Gasteiger partial charge is 0.497 e. The number of nitrogens with one attached hydrogen (secondary N) is 1. The minimum atomic E-state index is -4.17. The molecule has 3 aromatic carbocycles. The summed E-state index contributed by atoms with van der Waals surface area (Å²) in [4.78, 5) is 30.6. The topological polar surface area (TPSA) is 105 Å². The number of carbonyl (C=O) groups excluding carboxylic acids is 2.